The molecule has 0 aliphatic carbocycles. The van der Waals surface area contributed by atoms with Gasteiger partial charge in [-0.2, -0.15) is 0 Å². The number of benzene rings is 3. The van der Waals surface area contributed by atoms with Crippen molar-refractivity contribution >= 4 is 68.2 Å². The highest BCUT2D eigenvalue weighted by atomic mass is 79.9. The summed E-state index contributed by atoms with van der Waals surface area (Å²) in [5.74, 6) is 0.256. The molecule has 3 aromatic carbocycles. The van der Waals surface area contributed by atoms with E-state index < -0.39 is 6.10 Å². The number of hydrogen-bond donors (Lipinski definition) is 1. The number of aliphatic hydroxyl groups is 1. The van der Waals surface area contributed by atoms with Crippen LogP contribution in [0, 0.1) is 5.82 Å². The molecular formula is C49H65BrFN7O9. The van der Waals surface area contributed by atoms with Crippen molar-refractivity contribution in [1.82, 2.24) is 19.6 Å². The Morgan fingerprint density at radius 3 is 1.43 bits per heavy atom. The van der Waals surface area contributed by atoms with Crippen molar-refractivity contribution in [2.75, 3.05) is 143 Å². The van der Waals surface area contributed by atoms with Crippen LogP contribution in [-0.2, 0) is 9.47 Å². The smallest absolute Gasteiger partial charge is 0.253 e. The molecule has 7 rings (SSSR count). The molecule has 2 unspecified atom stereocenters. The second-order valence-corrected chi connectivity index (χ2v) is 17.5. The van der Waals surface area contributed by atoms with Gasteiger partial charge in [-0.05, 0) is 90.6 Å². The predicted molar refractivity (Wildman–Crippen MR) is 266 cm³/mol. The molecule has 2 saturated heterocycles. The van der Waals surface area contributed by atoms with E-state index in [2.05, 4.69) is 0 Å². The van der Waals surface area contributed by atoms with E-state index in [1.54, 1.807) is 61.2 Å². The minimum absolute atomic E-state index is 0. The van der Waals surface area contributed by atoms with E-state index in [0.717, 1.165) is 18.8 Å². The van der Waals surface area contributed by atoms with Crippen molar-refractivity contribution in [2.24, 2.45) is 0 Å². The minimum Gasteiger partial charge on any atom is -0.440 e. The van der Waals surface area contributed by atoms with Gasteiger partial charge in [-0.1, -0.05) is 0 Å². The quantitative estimate of drug-likeness (QED) is 0.149. The van der Waals surface area contributed by atoms with Crippen molar-refractivity contribution in [2.45, 2.75) is 26.0 Å². The Labute approximate surface area is 401 Å². The maximum absolute atomic E-state index is 13.6. The second kappa shape index (κ2) is 23.6. The molecule has 364 valence electrons. The van der Waals surface area contributed by atoms with Crippen LogP contribution in [-0.4, -0.2) is 165 Å². The third-order valence-corrected chi connectivity index (χ3v) is 12.0. The van der Waals surface area contributed by atoms with Crippen molar-refractivity contribution in [3.63, 3.8) is 0 Å². The molecule has 2 fully saturated rings. The lowest BCUT2D eigenvalue weighted by Gasteiger charge is -2.30. The third kappa shape index (κ3) is 13.0. The summed E-state index contributed by atoms with van der Waals surface area (Å²) in [5, 5.41) is 11.0. The molecule has 0 radical (unpaired) electrons. The van der Waals surface area contributed by atoms with E-state index >= 15 is 0 Å². The summed E-state index contributed by atoms with van der Waals surface area (Å²) in [6.07, 6.45) is -0.888. The summed E-state index contributed by atoms with van der Waals surface area (Å²) in [6.45, 7) is 10.9. The van der Waals surface area contributed by atoms with E-state index in [1.165, 1.54) is 24.3 Å². The topological polar surface area (TPSA) is 156 Å². The summed E-state index contributed by atoms with van der Waals surface area (Å²) < 4.78 is 36.7. The zero-order chi connectivity index (χ0) is 47.8. The second-order valence-electron chi connectivity index (χ2n) is 17.5. The van der Waals surface area contributed by atoms with Crippen molar-refractivity contribution in [1.29, 1.82) is 0 Å². The lowest BCUT2D eigenvalue weighted by atomic mass is 9.99. The predicted octanol–water partition coefficient (Wildman–Crippen LogP) is 5.49. The molecule has 67 heavy (non-hydrogen) atoms. The minimum atomic E-state index is -0.888. The standard InChI is InChI=1S/C28H35FN4O4.C21H29N3O5.BrH/c1-19(32(5)22-8-6-21(29)7-9-22)23-16-20(28(35)31(4)11-10-30(2)3)17-24-25(34)18-26(37-27(23)24)33-12-14-36-15-13-33;1-14(25)16-11-15(21(27)23(4)6-5-22(2)3)12-17-18(26)13-19(29-20(16)17)24-7-9-28-10-8-24;/h6-9,16-19H,10-15H2,1-5H3;11-14,25H,5-10H2,1-4H3;1H. The Hall–Kier alpha value is -5.37. The van der Waals surface area contributed by atoms with Gasteiger partial charge in [0.25, 0.3) is 11.8 Å². The lowest BCUT2D eigenvalue weighted by Crippen LogP contribution is -2.36. The van der Waals surface area contributed by atoms with Crippen LogP contribution in [0.4, 0.5) is 21.8 Å². The number of nitrogens with zero attached hydrogens (tertiary/aromatic N) is 7. The molecule has 5 aromatic rings. The van der Waals surface area contributed by atoms with Crippen LogP contribution in [0.3, 0.4) is 0 Å². The maximum Gasteiger partial charge on any atom is 0.253 e. The Kier molecular flexibility index (Phi) is 18.5. The number of rotatable bonds is 14. The first-order chi connectivity index (χ1) is 31.4. The van der Waals surface area contributed by atoms with Crippen LogP contribution >= 0.6 is 17.0 Å². The van der Waals surface area contributed by atoms with Crippen molar-refractivity contribution in [3.8, 4) is 0 Å². The summed E-state index contributed by atoms with van der Waals surface area (Å²) in [5.41, 5.74) is 3.06. The third-order valence-electron chi connectivity index (χ3n) is 12.0. The number of fused-ring (bicyclic) bond motifs is 2. The van der Waals surface area contributed by atoms with Gasteiger partial charge in [0.05, 0.1) is 49.3 Å². The number of hydrogen-bond acceptors (Lipinski definition) is 14. The monoisotopic (exact) mass is 993 g/mol. The Morgan fingerprint density at radius 1 is 0.627 bits per heavy atom. The van der Waals surface area contributed by atoms with Gasteiger partial charge < -0.3 is 57.7 Å². The number of morpholine rings is 2. The van der Waals surface area contributed by atoms with Gasteiger partial charge in [-0.25, -0.2) is 4.39 Å². The summed E-state index contributed by atoms with van der Waals surface area (Å²) in [4.78, 5) is 65.6. The summed E-state index contributed by atoms with van der Waals surface area (Å²) in [7, 11) is 13.2. The van der Waals surface area contributed by atoms with E-state index in [4.69, 9.17) is 18.3 Å². The van der Waals surface area contributed by atoms with Crippen LogP contribution in [0.15, 0.2) is 79.1 Å². The molecular weight excluding hydrogens is 929 g/mol. The SMILES string of the molecule is Br.CC(O)c1cc(C(=O)N(C)CCN(C)C)cc2c(=O)cc(N3CCOCC3)oc12.CC(c1cc(C(=O)N(C)CCN(C)C)cc2c(=O)cc(N3CCOCC3)oc12)N(C)c1ccc(F)cc1. The van der Waals surface area contributed by atoms with Gasteiger partial charge in [0.1, 0.15) is 17.0 Å². The molecule has 2 aliphatic rings. The first-order valence-corrected chi connectivity index (χ1v) is 22.3. The van der Waals surface area contributed by atoms with Crippen LogP contribution in [0.25, 0.3) is 21.9 Å². The highest BCUT2D eigenvalue weighted by Gasteiger charge is 2.26. The number of carbonyl (C=O) groups excluding carboxylic acids is 2. The molecule has 1 N–H and O–H groups in total. The Bertz CT molecular complexity index is 2590. The number of aliphatic hydroxyl groups excluding tert-OH is 1. The molecule has 2 atom stereocenters. The fourth-order valence-electron chi connectivity index (χ4n) is 7.74. The van der Waals surface area contributed by atoms with Gasteiger partial charge in [0.2, 0.25) is 0 Å². The number of halogens is 2. The molecule has 0 spiro atoms. The molecule has 4 heterocycles. The zero-order valence-corrected chi connectivity index (χ0v) is 41.8. The van der Waals surface area contributed by atoms with Gasteiger partial charge in [0, 0.05) is 114 Å². The fourth-order valence-corrected chi connectivity index (χ4v) is 7.74. The van der Waals surface area contributed by atoms with Crippen LogP contribution < -0.4 is 25.6 Å². The Morgan fingerprint density at radius 2 is 1.03 bits per heavy atom. The van der Waals surface area contributed by atoms with Gasteiger partial charge in [0.15, 0.2) is 22.6 Å². The molecule has 0 saturated carbocycles. The molecule has 2 aliphatic heterocycles. The summed E-state index contributed by atoms with van der Waals surface area (Å²) in [6, 6.07) is 15.5. The number of likely N-dealkylation sites (N-methyl/N-ethyl adjacent to an activating group) is 4. The van der Waals surface area contributed by atoms with Crippen molar-refractivity contribution < 1.29 is 37.4 Å². The average Bonchev–Trinajstić information content (AvgIpc) is 3.31. The van der Waals surface area contributed by atoms with E-state index in [-0.39, 0.29) is 51.5 Å². The highest BCUT2D eigenvalue weighted by molar-refractivity contribution is 8.93. The van der Waals surface area contributed by atoms with E-state index in [1.807, 2.05) is 72.7 Å². The molecule has 2 amide bonds. The zero-order valence-electron chi connectivity index (χ0n) is 40.0. The van der Waals surface area contributed by atoms with E-state index in [9.17, 15) is 28.7 Å². The first-order valence-electron chi connectivity index (χ1n) is 22.3. The first kappa shape index (κ1) is 52.6. The normalized spacial score (nSPS) is 14.9. The van der Waals surface area contributed by atoms with Crippen LogP contribution in [0.2, 0.25) is 0 Å². The molecule has 18 heteroatoms. The molecule has 0 bridgehead atoms. The molecule has 16 nitrogen and oxygen atoms in total. The lowest BCUT2D eigenvalue weighted by molar-refractivity contribution is 0.0778. The van der Waals surface area contributed by atoms with E-state index in [0.29, 0.717) is 122 Å². The van der Waals surface area contributed by atoms with Crippen LogP contribution in [0.1, 0.15) is 57.8 Å². The van der Waals surface area contributed by atoms with Crippen LogP contribution in [0.5, 0.6) is 0 Å². The largest absolute Gasteiger partial charge is 0.440 e. The number of amides is 2. The summed E-state index contributed by atoms with van der Waals surface area (Å²) >= 11 is 0. The van der Waals surface area contributed by atoms with Gasteiger partial charge in [-0.15, -0.1) is 17.0 Å². The van der Waals surface area contributed by atoms with Gasteiger partial charge >= 0.3 is 0 Å². The Balaban J connectivity index is 0.000000254. The highest BCUT2D eigenvalue weighted by Crippen LogP contribution is 2.34. The number of carbonyl (C=O) groups is 2. The fraction of sp³-hybridized carbons (Fsp3) is 0.469. The molecule has 2 aromatic heterocycles. The maximum atomic E-state index is 13.6. The number of ether oxygens (including phenoxy) is 2. The number of anilines is 3. The average molecular weight is 995 g/mol. The van der Waals surface area contributed by atoms with Gasteiger partial charge in [-0.3, -0.25) is 19.2 Å². The van der Waals surface area contributed by atoms with Crippen molar-refractivity contribution in [3.05, 3.63) is 109 Å².